The zero-order valence-corrected chi connectivity index (χ0v) is 77.6. The van der Waals surface area contributed by atoms with Gasteiger partial charge in [-0.3, -0.25) is 18.3 Å². The fraction of sp³-hybridized carbons (Fsp3) is 1.00. The lowest BCUT2D eigenvalue weighted by Gasteiger charge is -2.14. The van der Waals surface area contributed by atoms with E-state index in [2.05, 4.69) is 6.92 Å². The number of rotatable bonds is 106. The Kier molecular flexibility index (Phi) is 95.9. The summed E-state index contributed by atoms with van der Waals surface area (Å²) in [5.41, 5.74) is 0. The van der Waals surface area contributed by atoms with Gasteiger partial charge in [0.15, 0.2) is 0 Å². The van der Waals surface area contributed by atoms with Crippen molar-refractivity contribution in [1.29, 1.82) is 0 Å². The van der Waals surface area contributed by atoms with Crippen molar-refractivity contribution in [3.05, 3.63) is 0 Å². The predicted molar refractivity (Wildman–Crippen MR) is 454 cm³/mol. The summed E-state index contributed by atoms with van der Waals surface area (Å²) in [5, 5.41) is 8.64. The molecule has 0 fully saturated rings. The number of hydrogen-bond donors (Lipinski definition) is 1. The third kappa shape index (κ3) is 102. The summed E-state index contributed by atoms with van der Waals surface area (Å²) >= 11 is 0. The standard InChI is InChI=1S/C77H160O34P4S2/c1-6-7-8-9-10-11-12-13-14-15-16-17-18-19-20-22-25-76-116-117-77-26-23-21-24-28-103-111-115(5,82)110-75-68-102-61-54-95-47-40-88-39-46-94-53-60-101-67-74-109-114(4,81)108-73-66-100-59-52-93-45-38-87-37-44-92-51-58-99-65-72-107-113(3,80)106-71-64-98-57-50-91-43-36-86-35-42-90-49-56-97-63-70-105-112(2,79)104-69-62-96-55-48-89-41-34-85-33-32-84-31-30-83-29-27-78/h78H,6-77H2,1-5H3. The van der Waals surface area contributed by atoms with Crippen molar-refractivity contribution in [2.45, 2.75) is 142 Å². The molecule has 0 spiro atoms. The molecule has 4 atom stereocenters. The molecule has 0 rings (SSSR count). The molecule has 0 saturated carbocycles. The third-order valence-electron chi connectivity index (χ3n) is 15.9. The monoisotopic (exact) mass is 1820 g/mol. The number of hydrogen-bond acceptors (Lipinski definition) is 36. The molecule has 704 valence electrons. The van der Waals surface area contributed by atoms with Gasteiger partial charge in [0.2, 0.25) is 0 Å². The number of aliphatic hydroxyl groups is 1. The maximum atomic E-state index is 12.6. The Labute approximate surface area is 711 Å². The van der Waals surface area contributed by atoms with Crippen LogP contribution in [0.2, 0.25) is 0 Å². The predicted octanol–water partition coefficient (Wildman–Crippen LogP) is 13.3. The molecular formula is C77H160O34P4S2. The van der Waals surface area contributed by atoms with Gasteiger partial charge in [0.05, 0.1) is 324 Å². The van der Waals surface area contributed by atoms with Gasteiger partial charge < -0.3 is 132 Å². The Balaban J connectivity index is 3.38. The molecule has 0 radical (unpaired) electrons. The van der Waals surface area contributed by atoms with Crippen LogP contribution in [0.15, 0.2) is 0 Å². The topological polar surface area (TPSA) is 356 Å². The molecule has 0 heterocycles. The van der Waals surface area contributed by atoms with Crippen LogP contribution < -0.4 is 0 Å². The van der Waals surface area contributed by atoms with Gasteiger partial charge in [0, 0.05) is 38.2 Å². The van der Waals surface area contributed by atoms with Crippen molar-refractivity contribution in [1.82, 2.24) is 0 Å². The average molecular weight is 1820 g/mol. The second kappa shape index (κ2) is 95.5. The van der Waals surface area contributed by atoms with Gasteiger partial charge in [-0.25, -0.2) is 4.89 Å². The van der Waals surface area contributed by atoms with Crippen molar-refractivity contribution in [2.24, 2.45) is 0 Å². The minimum atomic E-state index is -3.33. The fourth-order valence-corrected chi connectivity index (χ4v) is 15.4. The first-order valence-corrected chi connectivity index (χ1v) is 53.2. The maximum absolute atomic E-state index is 12.6. The summed E-state index contributed by atoms with van der Waals surface area (Å²) in [7, 11) is -9.11. The smallest absolute Gasteiger partial charge is 0.355 e. The first-order valence-electron chi connectivity index (χ1n) is 42.8. The van der Waals surface area contributed by atoms with Gasteiger partial charge in [0.25, 0.3) is 0 Å². The third-order valence-corrected chi connectivity index (χ3v) is 23.4. The average Bonchev–Trinajstić information content (AvgIpc) is 0.958. The molecule has 0 saturated heterocycles. The Hall–Kier alpha value is 0.420. The molecule has 1 N–H and O–H groups in total. The SMILES string of the molecule is CCCCCCCCCCCCCCCCCCCSSCCCCCCOOP(C)(=O)OCCOCCOCCOCCOCCOCCOP(C)(=O)OCCOCCOCCOCCOCCOCCOP(C)(=O)OCCOCCOCCOCCOCCOCCOP(C)(=O)OCCOCCOCCOCCOCCOCCO. The van der Waals surface area contributed by atoms with Gasteiger partial charge in [-0.15, -0.1) is 4.67 Å². The maximum Gasteiger partial charge on any atom is 0.355 e. The second-order valence-electron chi connectivity index (χ2n) is 26.5. The van der Waals surface area contributed by atoms with Crippen LogP contribution in [0, 0.1) is 0 Å². The molecule has 0 aliphatic heterocycles. The van der Waals surface area contributed by atoms with Crippen molar-refractivity contribution < 1.29 is 159 Å². The van der Waals surface area contributed by atoms with E-state index in [1.54, 1.807) is 0 Å². The zero-order valence-electron chi connectivity index (χ0n) is 72.4. The first kappa shape index (κ1) is 117. The molecule has 0 aliphatic carbocycles. The van der Waals surface area contributed by atoms with Gasteiger partial charge in [-0.2, -0.15) is 0 Å². The Bertz CT molecular complexity index is 2160. The van der Waals surface area contributed by atoms with Crippen LogP contribution >= 0.6 is 52.0 Å². The van der Waals surface area contributed by atoms with Crippen LogP contribution in [0.1, 0.15) is 142 Å². The van der Waals surface area contributed by atoms with Crippen LogP contribution in [0.5, 0.6) is 0 Å². The molecular weight excluding hydrogens is 1660 g/mol. The second-order valence-corrected chi connectivity index (χ2v) is 37.3. The quantitative estimate of drug-likeness (QED) is 0.0194. The first-order chi connectivity index (χ1) is 57.2. The lowest BCUT2D eigenvalue weighted by atomic mass is 10.0. The lowest BCUT2D eigenvalue weighted by molar-refractivity contribution is -0.215. The zero-order chi connectivity index (χ0) is 84.8. The Morgan fingerprint density at radius 1 is 0.188 bits per heavy atom. The van der Waals surface area contributed by atoms with E-state index < -0.39 is 30.4 Å². The number of ether oxygens (including phenoxy) is 20. The lowest BCUT2D eigenvalue weighted by Crippen LogP contribution is -2.15. The van der Waals surface area contributed by atoms with Gasteiger partial charge in [-0.05, 0) is 19.3 Å². The summed E-state index contributed by atoms with van der Waals surface area (Å²) in [6, 6.07) is 0. The molecule has 0 aromatic heterocycles. The van der Waals surface area contributed by atoms with E-state index in [1.807, 2.05) is 21.6 Å². The molecule has 0 aromatic carbocycles. The van der Waals surface area contributed by atoms with Crippen LogP contribution in [-0.2, 0) is 154 Å². The molecule has 0 amide bonds. The largest absolute Gasteiger partial charge is 0.394 e. The summed E-state index contributed by atoms with van der Waals surface area (Å²) in [6.45, 7) is 23.2. The molecule has 117 heavy (non-hydrogen) atoms. The number of unbranched alkanes of at least 4 members (excludes halogenated alkanes) is 19. The van der Waals surface area contributed by atoms with E-state index in [4.69, 9.17) is 141 Å². The van der Waals surface area contributed by atoms with E-state index in [9.17, 15) is 18.3 Å². The summed E-state index contributed by atoms with van der Waals surface area (Å²) in [4.78, 5) is 5.19. The normalized spacial score (nSPS) is 14.1. The van der Waals surface area contributed by atoms with Crippen LogP contribution in [0.25, 0.3) is 0 Å². The van der Waals surface area contributed by atoms with Crippen molar-refractivity contribution in [3.63, 3.8) is 0 Å². The Morgan fingerprint density at radius 2 is 0.342 bits per heavy atom. The van der Waals surface area contributed by atoms with Crippen molar-refractivity contribution >= 4 is 52.0 Å². The number of aliphatic hydroxyl groups excluding tert-OH is 1. The van der Waals surface area contributed by atoms with Gasteiger partial charge in [0.1, 0.15) is 0 Å². The van der Waals surface area contributed by atoms with E-state index in [-0.39, 0.29) is 99.1 Å². The van der Waals surface area contributed by atoms with E-state index in [1.165, 1.54) is 154 Å². The van der Waals surface area contributed by atoms with Crippen molar-refractivity contribution in [2.75, 3.05) is 362 Å². The molecule has 34 nitrogen and oxygen atoms in total. The summed E-state index contributed by atoms with van der Waals surface area (Å²) in [5.74, 6) is 2.43. The molecule has 0 bridgehead atoms. The highest BCUT2D eigenvalue weighted by molar-refractivity contribution is 8.76. The Morgan fingerprint density at radius 3 is 0.530 bits per heavy atom. The summed E-state index contributed by atoms with van der Waals surface area (Å²) in [6.07, 6.45) is 28.2. The molecule has 40 heteroatoms. The fourth-order valence-electron chi connectivity index (χ4n) is 9.77. The van der Waals surface area contributed by atoms with Crippen molar-refractivity contribution in [3.8, 4) is 0 Å². The van der Waals surface area contributed by atoms with Crippen LogP contribution in [-0.4, -0.2) is 367 Å². The summed E-state index contributed by atoms with van der Waals surface area (Å²) < 4.78 is 202. The highest BCUT2D eigenvalue weighted by Crippen LogP contribution is 2.46. The van der Waals surface area contributed by atoms with Gasteiger partial charge in [-0.1, -0.05) is 144 Å². The molecule has 4 unspecified atom stereocenters. The van der Waals surface area contributed by atoms with E-state index in [0.717, 1.165) is 19.3 Å². The minimum absolute atomic E-state index is 0.00403. The van der Waals surface area contributed by atoms with E-state index in [0.29, 0.717) is 225 Å². The highest BCUT2D eigenvalue weighted by Gasteiger charge is 2.21. The van der Waals surface area contributed by atoms with E-state index >= 15 is 0 Å². The molecule has 0 aromatic rings. The minimum Gasteiger partial charge on any atom is -0.394 e. The molecule has 0 aliphatic rings. The van der Waals surface area contributed by atoms with Crippen LogP contribution in [0.4, 0.5) is 0 Å². The van der Waals surface area contributed by atoms with Gasteiger partial charge >= 0.3 is 30.4 Å². The van der Waals surface area contributed by atoms with Crippen LogP contribution in [0.3, 0.4) is 0 Å². The highest BCUT2D eigenvalue weighted by atomic mass is 33.1.